The van der Waals surface area contributed by atoms with Crippen molar-refractivity contribution in [1.82, 2.24) is 25.0 Å². The third-order valence-corrected chi connectivity index (χ3v) is 7.88. The molecule has 4 aromatic rings. The van der Waals surface area contributed by atoms with Crippen LogP contribution in [0.2, 0.25) is 0 Å². The van der Waals surface area contributed by atoms with E-state index in [9.17, 15) is 9.59 Å². The molecule has 0 aliphatic heterocycles. The number of allylic oxidation sites excluding steroid dienone is 3. The fourth-order valence-electron chi connectivity index (χ4n) is 5.17. The van der Waals surface area contributed by atoms with Crippen molar-refractivity contribution in [2.45, 2.75) is 53.0 Å². The van der Waals surface area contributed by atoms with E-state index in [1.165, 1.54) is 5.56 Å². The van der Waals surface area contributed by atoms with Crippen LogP contribution in [0, 0.1) is 0 Å². The first-order chi connectivity index (χ1) is 20.6. The summed E-state index contributed by atoms with van der Waals surface area (Å²) in [6.07, 6.45) is 7.00. The highest BCUT2D eigenvalue weighted by atomic mass is 16.5. The van der Waals surface area contributed by atoms with Crippen molar-refractivity contribution in [2.75, 3.05) is 26.2 Å². The van der Waals surface area contributed by atoms with Crippen LogP contribution < -0.4 is 10.1 Å². The Morgan fingerprint density at radius 2 is 1.86 bits per heavy atom. The SMILES string of the molecule is CCN(CC)CCOc1ccc2[nH]c(C3=CC(NC(=O)c4cnn(Cc5ccc(C(C)(C)C)cc5)c4)=CCC3=O)cc2c1. The van der Waals surface area contributed by atoms with Gasteiger partial charge in [-0.3, -0.25) is 14.3 Å². The molecule has 0 saturated carbocycles. The van der Waals surface area contributed by atoms with E-state index in [-0.39, 0.29) is 23.5 Å². The maximum absolute atomic E-state index is 13.1. The number of carbonyl (C=O) groups is 2. The van der Waals surface area contributed by atoms with Crippen molar-refractivity contribution in [3.8, 4) is 5.75 Å². The summed E-state index contributed by atoms with van der Waals surface area (Å²) >= 11 is 0. The average molecular weight is 580 g/mol. The number of ether oxygens (including phenoxy) is 1. The minimum atomic E-state index is -0.270. The number of nitrogens with one attached hydrogen (secondary N) is 2. The van der Waals surface area contributed by atoms with Gasteiger partial charge >= 0.3 is 0 Å². The molecule has 1 amide bonds. The third kappa shape index (κ3) is 7.32. The van der Waals surface area contributed by atoms with Crippen LogP contribution in [0.5, 0.6) is 5.75 Å². The maximum atomic E-state index is 13.1. The summed E-state index contributed by atoms with van der Waals surface area (Å²) in [5, 5.41) is 8.29. The van der Waals surface area contributed by atoms with E-state index in [2.05, 4.69) is 79.2 Å². The van der Waals surface area contributed by atoms with Crippen LogP contribution in [0.3, 0.4) is 0 Å². The molecule has 1 aliphatic carbocycles. The van der Waals surface area contributed by atoms with Gasteiger partial charge in [0.1, 0.15) is 12.4 Å². The first-order valence-corrected chi connectivity index (χ1v) is 15.0. The van der Waals surface area contributed by atoms with Crippen LogP contribution in [0.1, 0.15) is 68.2 Å². The van der Waals surface area contributed by atoms with Crippen molar-refractivity contribution in [2.24, 2.45) is 0 Å². The monoisotopic (exact) mass is 579 g/mol. The number of Topliss-reactive ketones (excluding diaryl/α,β-unsaturated/α-hetero) is 1. The van der Waals surface area contributed by atoms with E-state index in [4.69, 9.17) is 4.74 Å². The van der Waals surface area contributed by atoms with Gasteiger partial charge in [-0.05, 0) is 60.0 Å². The summed E-state index contributed by atoms with van der Waals surface area (Å²) in [5.41, 5.74) is 5.69. The second-order valence-corrected chi connectivity index (χ2v) is 12.0. The molecule has 0 saturated heterocycles. The van der Waals surface area contributed by atoms with Crippen molar-refractivity contribution < 1.29 is 14.3 Å². The minimum absolute atomic E-state index is 0.00875. The molecule has 224 valence electrons. The van der Waals surface area contributed by atoms with Crippen LogP contribution in [0.25, 0.3) is 16.5 Å². The molecule has 43 heavy (non-hydrogen) atoms. The number of benzene rings is 2. The number of aromatic amines is 1. The number of fused-ring (bicyclic) bond motifs is 1. The smallest absolute Gasteiger partial charge is 0.258 e. The zero-order chi connectivity index (χ0) is 30.6. The van der Waals surface area contributed by atoms with Gasteiger partial charge in [-0.1, -0.05) is 65.0 Å². The highest BCUT2D eigenvalue weighted by molar-refractivity contribution is 6.23. The molecule has 8 heteroatoms. The van der Waals surface area contributed by atoms with Crippen LogP contribution in [0.4, 0.5) is 0 Å². The molecule has 5 rings (SSSR count). The second-order valence-electron chi connectivity index (χ2n) is 12.0. The van der Waals surface area contributed by atoms with E-state index in [1.54, 1.807) is 29.2 Å². The van der Waals surface area contributed by atoms with Crippen molar-refractivity contribution in [1.29, 1.82) is 0 Å². The third-order valence-electron chi connectivity index (χ3n) is 7.88. The van der Waals surface area contributed by atoms with Gasteiger partial charge in [0.05, 0.1) is 24.0 Å². The van der Waals surface area contributed by atoms with Gasteiger partial charge in [0.15, 0.2) is 5.78 Å². The Kier molecular flexibility index (Phi) is 8.97. The Hall–Kier alpha value is -4.43. The lowest BCUT2D eigenvalue weighted by Gasteiger charge is -2.19. The van der Waals surface area contributed by atoms with Gasteiger partial charge < -0.3 is 19.9 Å². The van der Waals surface area contributed by atoms with E-state index in [1.807, 2.05) is 24.3 Å². The fraction of sp³-hybridized carbons (Fsp3) is 0.343. The highest BCUT2D eigenvalue weighted by Gasteiger charge is 2.20. The summed E-state index contributed by atoms with van der Waals surface area (Å²) in [4.78, 5) is 31.6. The number of H-pyrrole nitrogens is 1. The molecule has 2 heterocycles. The van der Waals surface area contributed by atoms with Gasteiger partial charge in [0.2, 0.25) is 0 Å². The lowest BCUT2D eigenvalue weighted by atomic mass is 9.87. The van der Waals surface area contributed by atoms with Crippen LogP contribution in [-0.4, -0.2) is 57.6 Å². The summed E-state index contributed by atoms with van der Waals surface area (Å²) in [6.45, 7) is 14.9. The second kappa shape index (κ2) is 12.8. The first-order valence-electron chi connectivity index (χ1n) is 15.0. The molecule has 0 unspecified atom stereocenters. The highest BCUT2D eigenvalue weighted by Crippen LogP contribution is 2.28. The molecule has 0 bridgehead atoms. The number of nitrogens with zero attached hydrogens (tertiary/aromatic N) is 3. The molecule has 8 nitrogen and oxygen atoms in total. The molecule has 0 radical (unpaired) electrons. The molecule has 0 atom stereocenters. The van der Waals surface area contributed by atoms with Gasteiger partial charge in [0.25, 0.3) is 5.91 Å². The van der Waals surface area contributed by atoms with E-state index >= 15 is 0 Å². The maximum Gasteiger partial charge on any atom is 0.258 e. The minimum Gasteiger partial charge on any atom is -0.492 e. The van der Waals surface area contributed by atoms with Crippen molar-refractivity contribution in [3.63, 3.8) is 0 Å². The molecule has 0 spiro atoms. The molecule has 0 fully saturated rings. The summed E-state index contributed by atoms with van der Waals surface area (Å²) in [7, 11) is 0. The molecule has 2 N–H and O–H groups in total. The Balaban J connectivity index is 1.23. The normalized spacial score (nSPS) is 13.8. The largest absolute Gasteiger partial charge is 0.492 e. The Labute approximate surface area is 253 Å². The lowest BCUT2D eigenvalue weighted by molar-refractivity contribution is -0.113. The quantitative estimate of drug-likeness (QED) is 0.224. The fourth-order valence-corrected chi connectivity index (χ4v) is 5.17. The number of amides is 1. The van der Waals surface area contributed by atoms with Crippen molar-refractivity contribution in [3.05, 3.63) is 101 Å². The summed E-state index contributed by atoms with van der Waals surface area (Å²) in [6, 6.07) is 16.3. The number of aromatic nitrogens is 3. The zero-order valence-corrected chi connectivity index (χ0v) is 25.7. The van der Waals surface area contributed by atoms with Gasteiger partial charge in [-0.25, -0.2) is 0 Å². The number of carbonyl (C=O) groups excluding carboxylic acids is 2. The van der Waals surface area contributed by atoms with E-state index in [0.29, 0.717) is 35.7 Å². The van der Waals surface area contributed by atoms with Gasteiger partial charge in [-0.2, -0.15) is 5.10 Å². The van der Waals surface area contributed by atoms with Crippen LogP contribution >= 0.6 is 0 Å². The van der Waals surface area contributed by atoms with E-state index in [0.717, 1.165) is 41.9 Å². The van der Waals surface area contributed by atoms with Crippen LogP contribution in [0.15, 0.2) is 78.8 Å². The number of likely N-dealkylation sites (N-methyl/N-ethyl adjacent to an activating group) is 1. The Morgan fingerprint density at radius 3 is 2.58 bits per heavy atom. The van der Waals surface area contributed by atoms with Gasteiger partial charge in [-0.15, -0.1) is 0 Å². The van der Waals surface area contributed by atoms with Crippen LogP contribution in [-0.2, 0) is 16.8 Å². The van der Waals surface area contributed by atoms with Gasteiger partial charge in [0, 0.05) is 41.3 Å². The molecular formula is C35H41N5O3. The first kappa shape index (κ1) is 30.0. The zero-order valence-electron chi connectivity index (χ0n) is 25.7. The number of hydrogen-bond acceptors (Lipinski definition) is 5. The predicted molar refractivity (Wildman–Crippen MR) is 171 cm³/mol. The number of ketones is 1. The number of rotatable bonds is 11. The van der Waals surface area contributed by atoms with Crippen molar-refractivity contribution >= 4 is 28.2 Å². The lowest BCUT2D eigenvalue weighted by Crippen LogP contribution is -2.27. The Morgan fingerprint density at radius 1 is 1.09 bits per heavy atom. The number of hydrogen-bond donors (Lipinski definition) is 2. The Bertz CT molecular complexity index is 1660. The molecule has 2 aromatic heterocycles. The molecule has 2 aromatic carbocycles. The average Bonchev–Trinajstić information content (AvgIpc) is 3.63. The standard InChI is InChI=1S/C35H41N5O3/c1-6-39(7-2)16-17-43-29-13-14-31-25(18-29)19-32(38-31)30-20-28(12-15-33(30)41)37-34(42)26-21-36-40(23-26)22-24-8-10-27(11-9-24)35(3,4)5/h8-14,18-21,23,38H,6-7,15-17,22H2,1-5H3,(H,37,42). The summed E-state index contributed by atoms with van der Waals surface area (Å²) in [5.74, 6) is 0.517. The molecule has 1 aliphatic rings. The topological polar surface area (TPSA) is 92.2 Å². The van der Waals surface area contributed by atoms with E-state index < -0.39 is 0 Å². The summed E-state index contributed by atoms with van der Waals surface area (Å²) < 4.78 is 7.74. The predicted octanol–water partition coefficient (Wildman–Crippen LogP) is 6.10. The molecular weight excluding hydrogens is 538 g/mol.